The van der Waals surface area contributed by atoms with Crippen molar-refractivity contribution in [2.45, 2.75) is 31.7 Å². The smallest absolute Gasteiger partial charge is 0.307 e. The molecule has 1 N–H and O–H groups in total. The number of carbonyl (C=O) groups is 2. The van der Waals surface area contributed by atoms with Crippen molar-refractivity contribution in [2.75, 3.05) is 6.54 Å². The summed E-state index contributed by atoms with van der Waals surface area (Å²) in [5.74, 6) is -1.70. The highest BCUT2D eigenvalue weighted by Gasteiger charge is 2.44. The fourth-order valence-electron chi connectivity index (χ4n) is 5.77. The number of carboxylic acids is 1. The van der Waals surface area contributed by atoms with E-state index in [9.17, 15) is 14.7 Å². The third-order valence-corrected chi connectivity index (χ3v) is 8.03. The Labute approximate surface area is 228 Å². The second kappa shape index (κ2) is 9.11. The van der Waals surface area contributed by atoms with Crippen molar-refractivity contribution in [3.8, 4) is 17.1 Å². The molecule has 200 valence electrons. The molecule has 2 aromatic carbocycles. The monoisotopic (exact) mass is 536 g/mol. The maximum atomic E-state index is 15.3. The number of rotatable bonds is 5. The molecular formula is C30H25FN6O3. The van der Waals surface area contributed by atoms with E-state index in [0.717, 1.165) is 12.0 Å². The van der Waals surface area contributed by atoms with E-state index >= 15 is 4.39 Å². The predicted molar refractivity (Wildman–Crippen MR) is 144 cm³/mol. The van der Waals surface area contributed by atoms with Gasteiger partial charge in [-0.3, -0.25) is 9.59 Å². The van der Waals surface area contributed by atoms with Crippen LogP contribution in [-0.2, 0) is 11.2 Å². The van der Waals surface area contributed by atoms with E-state index in [-0.39, 0.29) is 29.1 Å². The number of amides is 1. The van der Waals surface area contributed by atoms with Gasteiger partial charge in [0.25, 0.3) is 5.91 Å². The molecule has 40 heavy (non-hydrogen) atoms. The van der Waals surface area contributed by atoms with E-state index in [0.29, 0.717) is 35.7 Å². The minimum atomic E-state index is -0.861. The number of nitrogens with zero attached hydrogens (tertiary/aromatic N) is 6. The topological polar surface area (TPSA) is 106 Å². The Bertz CT molecular complexity index is 1800. The third kappa shape index (κ3) is 3.95. The van der Waals surface area contributed by atoms with Crippen LogP contribution < -0.4 is 0 Å². The standard InChI is InChI=1S/C30H25FN6O3/c1-17-20-6-3-2-5-18(20)9-12-35(17)29(38)26-16-28(36-11-4-10-32-36)37-27(33-26)15-25(34-37)21-8-7-19(13-24(21)31)22-14-23(22)30(39)40/h2-8,10-11,13,15-17,22-23H,9,12,14H2,1H3,(H,39,40)/t17-,22-,23+/m1/s1. The van der Waals surface area contributed by atoms with Crippen LogP contribution in [0.2, 0.25) is 0 Å². The van der Waals surface area contributed by atoms with E-state index in [1.165, 1.54) is 11.6 Å². The highest BCUT2D eigenvalue weighted by Crippen LogP contribution is 2.48. The Hall–Kier alpha value is -4.86. The zero-order chi connectivity index (χ0) is 27.5. The largest absolute Gasteiger partial charge is 0.481 e. The Morgan fingerprint density at radius 2 is 1.93 bits per heavy atom. The van der Waals surface area contributed by atoms with Crippen molar-refractivity contribution in [3.05, 3.63) is 101 Å². The van der Waals surface area contributed by atoms with Gasteiger partial charge < -0.3 is 10.0 Å². The number of carbonyl (C=O) groups excluding carboxylic acids is 1. The molecule has 1 fully saturated rings. The zero-order valence-electron chi connectivity index (χ0n) is 21.6. The molecule has 1 aliphatic heterocycles. The van der Waals surface area contributed by atoms with E-state index in [1.54, 1.807) is 51.9 Å². The summed E-state index contributed by atoms with van der Waals surface area (Å²) in [7, 11) is 0. The lowest BCUT2D eigenvalue weighted by molar-refractivity contribution is -0.138. The van der Waals surface area contributed by atoms with Crippen molar-refractivity contribution in [2.24, 2.45) is 5.92 Å². The summed E-state index contributed by atoms with van der Waals surface area (Å²) in [5, 5.41) is 18.2. The summed E-state index contributed by atoms with van der Waals surface area (Å²) in [4.78, 5) is 31.5. The van der Waals surface area contributed by atoms with Gasteiger partial charge >= 0.3 is 5.97 Å². The fraction of sp³-hybridized carbons (Fsp3) is 0.233. The molecule has 0 saturated heterocycles. The molecule has 1 saturated carbocycles. The van der Waals surface area contributed by atoms with Crippen molar-refractivity contribution in [1.29, 1.82) is 0 Å². The molecule has 1 amide bonds. The number of hydrogen-bond donors (Lipinski definition) is 1. The number of halogens is 1. The molecule has 7 rings (SSSR count). The molecule has 0 bridgehead atoms. The lowest BCUT2D eigenvalue weighted by Gasteiger charge is -2.35. The Morgan fingerprint density at radius 3 is 2.67 bits per heavy atom. The molecule has 5 aromatic rings. The minimum Gasteiger partial charge on any atom is -0.481 e. The number of benzene rings is 2. The maximum absolute atomic E-state index is 15.3. The lowest BCUT2D eigenvalue weighted by atomic mass is 9.93. The van der Waals surface area contributed by atoms with Crippen LogP contribution >= 0.6 is 0 Å². The van der Waals surface area contributed by atoms with Gasteiger partial charge in [0.15, 0.2) is 11.5 Å². The van der Waals surface area contributed by atoms with E-state index in [4.69, 9.17) is 0 Å². The lowest BCUT2D eigenvalue weighted by Crippen LogP contribution is -2.39. The maximum Gasteiger partial charge on any atom is 0.307 e. The molecule has 2 aliphatic rings. The van der Waals surface area contributed by atoms with Gasteiger partial charge in [-0.2, -0.15) is 14.7 Å². The summed E-state index contributed by atoms with van der Waals surface area (Å²) >= 11 is 0. The van der Waals surface area contributed by atoms with Gasteiger partial charge in [-0.25, -0.2) is 14.1 Å². The molecule has 9 nitrogen and oxygen atoms in total. The van der Waals surface area contributed by atoms with Crippen molar-refractivity contribution in [3.63, 3.8) is 0 Å². The highest BCUT2D eigenvalue weighted by molar-refractivity contribution is 5.94. The van der Waals surface area contributed by atoms with Gasteiger partial charge in [0, 0.05) is 36.6 Å². The van der Waals surface area contributed by atoms with Crippen LogP contribution in [0, 0.1) is 11.7 Å². The molecule has 0 radical (unpaired) electrons. The first kappa shape index (κ1) is 24.2. The number of fused-ring (bicyclic) bond motifs is 2. The predicted octanol–water partition coefficient (Wildman–Crippen LogP) is 4.67. The fourth-order valence-corrected chi connectivity index (χ4v) is 5.77. The number of aromatic nitrogens is 5. The van der Waals surface area contributed by atoms with Gasteiger partial charge in [-0.05, 0) is 60.6 Å². The van der Waals surface area contributed by atoms with Crippen LogP contribution in [0.15, 0.2) is 73.1 Å². The van der Waals surface area contributed by atoms with Gasteiger partial charge in [0.05, 0.1) is 17.7 Å². The molecule has 0 spiro atoms. The Morgan fingerprint density at radius 1 is 1.07 bits per heavy atom. The van der Waals surface area contributed by atoms with E-state index in [2.05, 4.69) is 27.3 Å². The number of aliphatic carboxylic acids is 1. The average molecular weight is 537 g/mol. The minimum absolute atomic E-state index is 0.107. The van der Waals surface area contributed by atoms with Crippen LogP contribution in [0.4, 0.5) is 4.39 Å². The molecule has 10 heteroatoms. The van der Waals surface area contributed by atoms with Gasteiger partial charge in [0.2, 0.25) is 0 Å². The third-order valence-electron chi connectivity index (χ3n) is 8.03. The zero-order valence-corrected chi connectivity index (χ0v) is 21.6. The molecule has 3 aromatic heterocycles. The Kier molecular flexibility index (Phi) is 5.51. The van der Waals surface area contributed by atoms with Crippen molar-refractivity contribution in [1.82, 2.24) is 29.3 Å². The molecule has 3 atom stereocenters. The number of hydrogen-bond acceptors (Lipinski definition) is 5. The molecule has 1 aliphatic carbocycles. The van der Waals surface area contributed by atoms with Crippen molar-refractivity contribution < 1.29 is 19.1 Å². The highest BCUT2D eigenvalue weighted by atomic mass is 19.1. The molecular weight excluding hydrogens is 511 g/mol. The van der Waals surface area contributed by atoms with Crippen LogP contribution in [0.3, 0.4) is 0 Å². The summed E-state index contributed by atoms with van der Waals surface area (Å²) in [6.07, 6.45) is 4.65. The first-order valence-corrected chi connectivity index (χ1v) is 13.2. The second-order valence-corrected chi connectivity index (χ2v) is 10.4. The van der Waals surface area contributed by atoms with Crippen LogP contribution in [0.1, 0.15) is 52.5 Å². The quantitative estimate of drug-likeness (QED) is 0.350. The summed E-state index contributed by atoms with van der Waals surface area (Å²) in [5.41, 5.74) is 4.28. The summed E-state index contributed by atoms with van der Waals surface area (Å²) in [6, 6.07) is 17.9. The van der Waals surface area contributed by atoms with E-state index in [1.807, 2.05) is 24.0 Å². The van der Waals surface area contributed by atoms with Gasteiger partial charge in [-0.1, -0.05) is 30.3 Å². The van der Waals surface area contributed by atoms with Gasteiger partial charge in [-0.15, -0.1) is 0 Å². The first-order valence-electron chi connectivity index (χ1n) is 13.2. The Balaban J connectivity index is 1.28. The molecule has 4 heterocycles. The van der Waals surface area contributed by atoms with Crippen LogP contribution in [0.5, 0.6) is 0 Å². The van der Waals surface area contributed by atoms with Crippen molar-refractivity contribution >= 4 is 17.5 Å². The number of carboxylic acid groups (broad SMARTS) is 1. The van der Waals surface area contributed by atoms with E-state index < -0.39 is 17.7 Å². The summed E-state index contributed by atoms with van der Waals surface area (Å²) in [6.45, 7) is 2.60. The normalized spacial score (nSPS) is 19.9. The first-order chi connectivity index (χ1) is 19.4. The van der Waals surface area contributed by atoms with Crippen LogP contribution in [-0.4, -0.2) is 52.8 Å². The SMILES string of the molecule is C[C@@H]1c2ccccc2CCN1C(=O)c1cc(-n2cccn2)n2nc(-c3ccc([C@H]4C[C@@H]4C(=O)O)cc3F)cc2n1. The summed E-state index contributed by atoms with van der Waals surface area (Å²) < 4.78 is 18.4. The van der Waals surface area contributed by atoms with Gasteiger partial charge in [0.1, 0.15) is 11.5 Å². The van der Waals surface area contributed by atoms with Crippen LogP contribution in [0.25, 0.3) is 22.7 Å². The average Bonchev–Trinajstić information content (AvgIpc) is 3.36. The molecule has 0 unspecified atom stereocenters. The second-order valence-electron chi connectivity index (χ2n) is 10.4.